The maximum atomic E-state index is 11.8. The Morgan fingerprint density at radius 3 is 2.55 bits per heavy atom. The zero-order valence-electron chi connectivity index (χ0n) is 17.0. The summed E-state index contributed by atoms with van der Waals surface area (Å²) in [5.41, 5.74) is 3.92. The van der Waals surface area contributed by atoms with Gasteiger partial charge in [0.05, 0.1) is 28.6 Å². The van der Waals surface area contributed by atoms with E-state index in [9.17, 15) is 4.79 Å². The van der Waals surface area contributed by atoms with Gasteiger partial charge >= 0.3 is 0 Å². The fourth-order valence-corrected chi connectivity index (χ4v) is 3.13. The molecule has 0 unspecified atom stereocenters. The molecule has 0 fully saturated rings. The van der Waals surface area contributed by atoms with Crippen LogP contribution in [0.3, 0.4) is 0 Å². The average Bonchev–Trinajstić information content (AvgIpc) is 2.69. The number of benzene rings is 2. The number of hydrazone groups is 1. The van der Waals surface area contributed by atoms with Gasteiger partial charge in [-0.05, 0) is 55.0 Å². The molecular formula is C20H21Cl3N4O3S. The molecule has 0 bridgehead atoms. The standard InChI is InChI=1S/C20H21Cl3N4O3S/c1-4-29-17-8-12(7-15(23)19(17)30-11-18(28)27(2)3)10-24-26-20(31)25-16-6-5-13(21)9-14(16)22/h5-10H,4,11H2,1-3H3,(H2,25,26,31). The summed E-state index contributed by atoms with van der Waals surface area (Å²) in [5, 5.41) is 8.48. The number of halogens is 3. The molecule has 11 heteroatoms. The van der Waals surface area contributed by atoms with Crippen LogP contribution >= 0.6 is 47.0 Å². The topological polar surface area (TPSA) is 75.2 Å². The molecule has 31 heavy (non-hydrogen) atoms. The van der Waals surface area contributed by atoms with Crippen LogP contribution in [0.25, 0.3) is 0 Å². The highest BCUT2D eigenvalue weighted by Gasteiger charge is 2.14. The van der Waals surface area contributed by atoms with Gasteiger partial charge in [-0.3, -0.25) is 10.2 Å². The summed E-state index contributed by atoms with van der Waals surface area (Å²) >= 11 is 23.5. The van der Waals surface area contributed by atoms with Crippen molar-refractivity contribution in [3.8, 4) is 11.5 Å². The summed E-state index contributed by atoms with van der Waals surface area (Å²) in [6.45, 7) is 2.06. The van der Waals surface area contributed by atoms with Crippen molar-refractivity contribution in [3.63, 3.8) is 0 Å². The molecule has 0 aliphatic rings. The van der Waals surface area contributed by atoms with Gasteiger partial charge in [-0.2, -0.15) is 5.10 Å². The van der Waals surface area contributed by atoms with Crippen LogP contribution < -0.4 is 20.2 Å². The van der Waals surface area contributed by atoms with Gasteiger partial charge in [0.2, 0.25) is 0 Å². The molecule has 7 nitrogen and oxygen atoms in total. The number of ether oxygens (including phenoxy) is 2. The van der Waals surface area contributed by atoms with E-state index in [0.29, 0.717) is 39.4 Å². The minimum absolute atomic E-state index is 0.158. The molecule has 2 aromatic rings. The molecule has 166 valence electrons. The van der Waals surface area contributed by atoms with E-state index in [4.69, 9.17) is 56.5 Å². The third-order valence-electron chi connectivity index (χ3n) is 3.73. The van der Waals surface area contributed by atoms with Crippen LogP contribution in [0.4, 0.5) is 5.69 Å². The van der Waals surface area contributed by atoms with E-state index < -0.39 is 0 Å². The number of rotatable bonds is 8. The molecule has 0 heterocycles. The Morgan fingerprint density at radius 2 is 1.90 bits per heavy atom. The Bertz CT molecular complexity index is 986. The Hall–Kier alpha value is -2.26. The summed E-state index contributed by atoms with van der Waals surface area (Å²) < 4.78 is 11.2. The molecular weight excluding hydrogens is 483 g/mol. The molecule has 0 saturated heterocycles. The zero-order valence-corrected chi connectivity index (χ0v) is 20.1. The van der Waals surface area contributed by atoms with E-state index in [-0.39, 0.29) is 22.6 Å². The van der Waals surface area contributed by atoms with Crippen molar-refractivity contribution in [2.45, 2.75) is 6.92 Å². The van der Waals surface area contributed by atoms with Gasteiger partial charge in [0.25, 0.3) is 5.91 Å². The number of hydrogen-bond donors (Lipinski definition) is 2. The highest BCUT2D eigenvalue weighted by molar-refractivity contribution is 7.80. The number of hydrogen-bond acceptors (Lipinski definition) is 5. The third-order valence-corrected chi connectivity index (χ3v) is 4.75. The lowest BCUT2D eigenvalue weighted by molar-refractivity contribution is -0.130. The number of nitrogens with zero attached hydrogens (tertiary/aromatic N) is 2. The predicted molar refractivity (Wildman–Crippen MR) is 130 cm³/mol. The number of carbonyl (C=O) groups is 1. The number of likely N-dealkylation sites (N-methyl/N-ethyl adjacent to an activating group) is 1. The van der Waals surface area contributed by atoms with Crippen molar-refractivity contribution in [2.75, 3.05) is 32.6 Å². The number of anilines is 1. The maximum Gasteiger partial charge on any atom is 0.259 e. The average molecular weight is 504 g/mol. The minimum atomic E-state index is -0.199. The highest BCUT2D eigenvalue weighted by Crippen LogP contribution is 2.36. The van der Waals surface area contributed by atoms with Gasteiger partial charge in [-0.15, -0.1) is 0 Å². The van der Waals surface area contributed by atoms with Gasteiger partial charge in [0, 0.05) is 19.1 Å². The maximum absolute atomic E-state index is 11.8. The van der Waals surface area contributed by atoms with Crippen molar-refractivity contribution in [1.29, 1.82) is 0 Å². The zero-order chi connectivity index (χ0) is 23.0. The SMILES string of the molecule is CCOc1cc(C=NNC(=S)Nc2ccc(Cl)cc2Cl)cc(Cl)c1OCC(=O)N(C)C. The Balaban J connectivity index is 2.07. The van der Waals surface area contributed by atoms with Crippen LogP contribution in [0, 0.1) is 0 Å². The summed E-state index contributed by atoms with van der Waals surface area (Å²) in [6.07, 6.45) is 1.51. The lowest BCUT2D eigenvalue weighted by Gasteiger charge is -2.16. The molecule has 0 saturated carbocycles. The van der Waals surface area contributed by atoms with Crippen LogP contribution in [0.15, 0.2) is 35.4 Å². The van der Waals surface area contributed by atoms with E-state index in [0.717, 1.165) is 0 Å². The molecule has 0 spiro atoms. The summed E-state index contributed by atoms with van der Waals surface area (Å²) in [6, 6.07) is 8.33. The Labute approximate surface area is 201 Å². The monoisotopic (exact) mass is 502 g/mol. The lowest BCUT2D eigenvalue weighted by atomic mass is 10.2. The van der Waals surface area contributed by atoms with E-state index in [1.807, 2.05) is 6.92 Å². The lowest BCUT2D eigenvalue weighted by Crippen LogP contribution is -2.27. The first-order valence-electron chi connectivity index (χ1n) is 9.05. The summed E-state index contributed by atoms with van der Waals surface area (Å²) in [5.74, 6) is 0.491. The first-order valence-corrected chi connectivity index (χ1v) is 10.6. The third kappa shape index (κ3) is 7.74. The molecule has 2 aromatic carbocycles. The molecule has 0 aliphatic heterocycles. The van der Waals surface area contributed by atoms with Gasteiger partial charge in [-0.1, -0.05) is 34.8 Å². The van der Waals surface area contributed by atoms with E-state index in [1.165, 1.54) is 11.1 Å². The molecule has 0 aromatic heterocycles. The fraction of sp³-hybridized carbons (Fsp3) is 0.250. The van der Waals surface area contributed by atoms with Crippen LogP contribution in [-0.4, -0.2) is 49.4 Å². The first kappa shape index (κ1) is 25.0. The molecule has 1 amide bonds. The van der Waals surface area contributed by atoms with Gasteiger partial charge in [-0.25, -0.2) is 0 Å². The van der Waals surface area contributed by atoms with Crippen LogP contribution in [0.5, 0.6) is 11.5 Å². The quantitative estimate of drug-likeness (QED) is 0.305. The largest absolute Gasteiger partial charge is 0.490 e. The van der Waals surface area contributed by atoms with Crippen molar-refractivity contribution >= 4 is 69.9 Å². The predicted octanol–water partition coefficient (Wildman–Crippen LogP) is 4.83. The van der Waals surface area contributed by atoms with E-state index >= 15 is 0 Å². The van der Waals surface area contributed by atoms with Crippen molar-refractivity contribution < 1.29 is 14.3 Å². The number of thiocarbonyl (C=S) groups is 1. The van der Waals surface area contributed by atoms with Crippen molar-refractivity contribution in [1.82, 2.24) is 10.3 Å². The Kier molecular flexibility index (Phi) is 9.64. The van der Waals surface area contributed by atoms with Gasteiger partial charge < -0.3 is 19.7 Å². The number of nitrogens with one attached hydrogen (secondary N) is 2. The molecule has 0 radical (unpaired) electrons. The second-order valence-corrected chi connectivity index (χ2v) is 7.95. The van der Waals surface area contributed by atoms with Crippen LogP contribution in [0.1, 0.15) is 12.5 Å². The van der Waals surface area contributed by atoms with E-state index in [2.05, 4.69) is 15.8 Å². The molecule has 2 N–H and O–H groups in total. The second-order valence-electron chi connectivity index (χ2n) is 6.29. The van der Waals surface area contributed by atoms with Crippen molar-refractivity contribution in [2.24, 2.45) is 5.10 Å². The van der Waals surface area contributed by atoms with Gasteiger partial charge in [0.15, 0.2) is 23.2 Å². The molecule has 0 aliphatic carbocycles. The summed E-state index contributed by atoms with van der Waals surface area (Å²) in [4.78, 5) is 13.2. The van der Waals surface area contributed by atoms with Crippen molar-refractivity contribution in [3.05, 3.63) is 51.0 Å². The smallest absolute Gasteiger partial charge is 0.259 e. The number of amides is 1. The Morgan fingerprint density at radius 1 is 1.16 bits per heavy atom. The molecule has 2 rings (SSSR count). The fourth-order valence-electron chi connectivity index (χ4n) is 2.24. The molecule has 0 atom stereocenters. The first-order chi connectivity index (χ1) is 14.7. The second kappa shape index (κ2) is 12.0. The normalized spacial score (nSPS) is 10.6. The highest BCUT2D eigenvalue weighted by atomic mass is 35.5. The van der Waals surface area contributed by atoms with Crippen LogP contribution in [-0.2, 0) is 4.79 Å². The van der Waals surface area contributed by atoms with Gasteiger partial charge in [0.1, 0.15) is 0 Å². The summed E-state index contributed by atoms with van der Waals surface area (Å²) in [7, 11) is 3.28. The van der Waals surface area contributed by atoms with E-state index in [1.54, 1.807) is 44.4 Å². The minimum Gasteiger partial charge on any atom is -0.490 e. The number of carbonyl (C=O) groups excluding carboxylic acids is 1. The van der Waals surface area contributed by atoms with Crippen LogP contribution in [0.2, 0.25) is 15.1 Å².